The number of anilines is 2. The van der Waals surface area contributed by atoms with Crippen molar-refractivity contribution in [1.82, 2.24) is 14.5 Å². The molecule has 2 aromatic heterocycles. The Balaban J connectivity index is 1.98. The summed E-state index contributed by atoms with van der Waals surface area (Å²) in [5, 5.41) is 4.18. The molecule has 0 spiro atoms. The molecule has 0 unspecified atom stereocenters. The van der Waals surface area contributed by atoms with Crippen LogP contribution in [-0.4, -0.2) is 19.3 Å². The van der Waals surface area contributed by atoms with Crippen LogP contribution >= 0.6 is 23.4 Å². The number of thioether (sulfide) groups is 1. The lowest BCUT2D eigenvalue weighted by atomic mass is 10.2. The van der Waals surface area contributed by atoms with Gasteiger partial charge in [-0.1, -0.05) is 32.4 Å². The van der Waals surface area contributed by atoms with Gasteiger partial charge in [0.25, 0.3) is 5.56 Å². The number of rotatable bonds is 4. The van der Waals surface area contributed by atoms with E-state index in [2.05, 4.69) is 55.1 Å². The highest BCUT2D eigenvalue weighted by Crippen LogP contribution is 2.34. The Hall–Kier alpha value is -2.05. The van der Waals surface area contributed by atoms with Crippen LogP contribution in [-0.2, 0) is 0 Å². The van der Waals surface area contributed by atoms with E-state index in [1.165, 1.54) is 4.90 Å². The first-order chi connectivity index (χ1) is 13.0. The fourth-order valence-corrected chi connectivity index (χ4v) is 4.23. The Morgan fingerprint density at radius 3 is 2.54 bits per heavy atom. The van der Waals surface area contributed by atoms with E-state index < -0.39 is 0 Å². The van der Waals surface area contributed by atoms with Crippen molar-refractivity contribution in [3.63, 3.8) is 0 Å². The van der Waals surface area contributed by atoms with Gasteiger partial charge < -0.3 is 5.32 Å². The third-order valence-corrected chi connectivity index (χ3v) is 5.49. The van der Waals surface area contributed by atoms with Crippen LogP contribution in [0.1, 0.15) is 46.2 Å². The second-order valence-corrected chi connectivity index (χ2v) is 10.4. The Labute approximate surface area is 174 Å². The Bertz CT molecular complexity index is 1090. The van der Waals surface area contributed by atoms with Gasteiger partial charge in [0.05, 0.1) is 0 Å². The fraction of sp³-hybridized carbons (Fsp3) is 0.381. The molecule has 0 amide bonds. The van der Waals surface area contributed by atoms with Crippen LogP contribution in [0.3, 0.4) is 0 Å². The molecule has 0 aliphatic heterocycles. The second kappa shape index (κ2) is 7.76. The summed E-state index contributed by atoms with van der Waals surface area (Å²) in [6, 6.07) is 7.84. The third kappa shape index (κ3) is 4.50. The average molecular weight is 417 g/mol. The molecule has 0 saturated heterocycles. The van der Waals surface area contributed by atoms with E-state index in [0.29, 0.717) is 11.6 Å². The van der Waals surface area contributed by atoms with Gasteiger partial charge in [-0.15, -0.1) is 11.8 Å². The monoisotopic (exact) mass is 416 g/mol. The SMILES string of the molecule is Cc1cc(SC(C)(C)C)ccc1Nc1ncc2cc(Cl)c(=O)n(C(C)C)c2n1. The number of aromatic nitrogens is 3. The van der Waals surface area contributed by atoms with E-state index in [0.717, 1.165) is 16.6 Å². The van der Waals surface area contributed by atoms with E-state index in [1.54, 1.807) is 16.8 Å². The maximum atomic E-state index is 12.4. The first kappa shape index (κ1) is 20.7. The summed E-state index contributed by atoms with van der Waals surface area (Å²) in [5.74, 6) is 0.447. The molecular formula is C21H25ClN4OS. The number of pyridine rings is 1. The highest BCUT2D eigenvalue weighted by Gasteiger charge is 2.15. The second-order valence-electron chi connectivity index (χ2n) is 8.05. The smallest absolute Gasteiger partial charge is 0.271 e. The van der Waals surface area contributed by atoms with Crippen molar-refractivity contribution >= 4 is 46.0 Å². The van der Waals surface area contributed by atoms with Gasteiger partial charge in [-0.2, -0.15) is 4.98 Å². The number of nitrogens with zero attached hydrogens (tertiary/aromatic N) is 3. The van der Waals surface area contributed by atoms with Crippen LogP contribution in [0.5, 0.6) is 0 Å². The first-order valence-corrected chi connectivity index (χ1v) is 10.4. The van der Waals surface area contributed by atoms with Gasteiger partial charge in [-0.25, -0.2) is 4.98 Å². The van der Waals surface area contributed by atoms with Crippen LogP contribution in [0.2, 0.25) is 5.02 Å². The minimum absolute atomic E-state index is 0.0631. The predicted octanol–water partition coefficient (Wildman–Crippen LogP) is 5.97. The first-order valence-electron chi connectivity index (χ1n) is 9.19. The standard InChI is InChI=1S/C21H25ClN4OS/c1-12(2)26-18-14(10-16(22)19(26)27)11-23-20(25-18)24-17-8-7-15(9-13(17)3)28-21(4,5)6/h7-12H,1-6H3,(H,23,24,25). The van der Waals surface area contributed by atoms with Crippen LogP contribution in [0.4, 0.5) is 11.6 Å². The maximum Gasteiger partial charge on any atom is 0.271 e. The molecule has 5 nitrogen and oxygen atoms in total. The van der Waals surface area contributed by atoms with Crippen LogP contribution in [0.15, 0.2) is 40.2 Å². The minimum atomic E-state index is -0.242. The lowest BCUT2D eigenvalue weighted by molar-refractivity contribution is 0.595. The van der Waals surface area contributed by atoms with Crippen molar-refractivity contribution in [1.29, 1.82) is 0 Å². The Kier molecular flexibility index (Phi) is 5.73. The largest absolute Gasteiger partial charge is 0.324 e. The summed E-state index contributed by atoms with van der Waals surface area (Å²) in [6.07, 6.45) is 1.69. The maximum absolute atomic E-state index is 12.4. The summed E-state index contributed by atoms with van der Waals surface area (Å²) >= 11 is 7.91. The number of halogens is 1. The van der Waals surface area contributed by atoms with Crippen molar-refractivity contribution in [3.05, 3.63) is 51.4 Å². The highest BCUT2D eigenvalue weighted by molar-refractivity contribution is 8.00. The Morgan fingerprint density at radius 2 is 1.93 bits per heavy atom. The number of nitrogens with one attached hydrogen (secondary N) is 1. The zero-order valence-corrected chi connectivity index (χ0v) is 18.6. The number of benzene rings is 1. The van der Waals surface area contributed by atoms with Crippen LogP contribution in [0.25, 0.3) is 11.0 Å². The van der Waals surface area contributed by atoms with E-state index in [9.17, 15) is 4.79 Å². The molecule has 0 saturated carbocycles. The molecule has 1 N–H and O–H groups in total. The fourth-order valence-electron chi connectivity index (χ4n) is 2.94. The van der Waals surface area contributed by atoms with Crippen molar-refractivity contribution in [2.75, 3.05) is 5.32 Å². The molecule has 7 heteroatoms. The molecule has 148 valence electrons. The average Bonchev–Trinajstić information content (AvgIpc) is 2.57. The zero-order valence-electron chi connectivity index (χ0n) is 17.0. The quantitative estimate of drug-likeness (QED) is 0.531. The van der Waals surface area contributed by atoms with Gasteiger partial charge in [0, 0.05) is 33.0 Å². The molecule has 0 bridgehead atoms. The third-order valence-electron chi connectivity index (χ3n) is 4.11. The Morgan fingerprint density at radius 1 is 1.21 bits per heavy atom. The molecule has 0 radical (unpaired) electrons. The number of hydrogen-bond acceptors (Lipinski definition) is 5. The zero-order chi connectivity index (χ0) is 20.6. The lowest BCUT2D eigenvalue weighted by Gasteiger charge is -2.19. The van der Waals surface area contributed by atoms with Gasteiger partial charge in [0.15, 0.2) is 0 Å². The van der Waals surface area contributed by atoms with Gasteiger partial charge in [0.1, 0.15) is 10.7 Å². The van der Waals surface area contributed by atoms with Gasteiger partial charge >= 0.3 is 0 Å². The summed E-state index contributed by atoms with van der Waals surface area (Å²) in [6.45, 7) is 12.5. The summed E-state index contributed by atoms with van der Waals surface area (Å²) in [7, 11) is 0. The van der Waals surface area contributed by atoms with Gasteiger partial charge in [-0.3, -0.25) is 9.36 Å². The number of aryl methyl sites for hydroxylation is 1. The van der Waals surface area contributed by atoms with E-state index >= 15 is 0 Å². The van der Waals surface area contributed by atoms with E-state index in [-0.39, 0.29) is 21.4 Å². The van der Waals surface area contributed by atoms with E-state index in [4.69, 9.17) is 11.6 Å². The molecule has 28 heavy (non-hydrogen) atoms. The number of fused-ring (bicyclic) bond motifs is 1. The topological polar surface area (TPSA) is 59.8 Å². The van der Waals surface area contributed by atoms with Crippen LogP contribution < -0.4 is 10.9 Å². The molecular weight excluding hydrogens is 392 g/mol. The molecule has 0 fully saturated rings. The van der Waals surface area contributed by atoms with Gasteiger partial charge in [0.2, 0.25) is 5.95 Å². The molecule has 2 heterocycles. The van der Waals surface area contributed by atoms with Crippen LogP contribution in [0, 0.1) is 6.92 Å². The summed E-state index contributed by atoms with van der Waals surface area (Å²) < 4.78 is 1.76. The van der Waals surface area contributed by atoms with Gasteiger partial charge in [-0.05, 0) is 50.6 Å². The van der Waals surface area contributed by atoms with Crippen molar-refractivity contribution in [2.45, 2.75) is 57.2 Å². The summed E-state index contributed by atoms with van der Waals surface area (Å²) in [5.41, 5.74) is 2.37. The summed E-state index contributed by atoms with van der Waals surface area (Å²) in [4.78, 5) is 22.7. The molecule has 3 aromatic rings. The normalized spacial score (nSPS) is 12.0. The molecule has 3 rings (SSSR count). The predicted molar refractivity (Wildman–Crippen MR) is 119 cm³/mol. The molecule has 0 atom stereocenters. The minimum Gasteiger partial charge on any atom is -0.324 e. The number of hydrogen-bond donors (Lipinski definition) is 1. The van der Waals surface area contributed by atoms with E-state index in [1.807, 2.05) is 31.7 Å². The highest BCUT2D eigenvalue weighted by atomic mass is 35.5. The lowest BCUT2D eigenvalue weighted by Crippen LogP contribution is -2.23. The molecule has 0 aliphatic carbocycles. The van der Waals surface area contributed by atoms with Crippen molar-refractivity contribution in [2.24, 2.45) is 0 Å². The molecule has 0 aliphatic rings. The van der Waals surface area contributed by atoms with Crippen molar-refractivity contribution in [3.8, 4) is 0 Å². The van der Waals surface area contributed by atoms with Crippen molar-refractivity contribution < 1.29 is 0 Å². The molecule has 1 aromatic carbocycles.